The van der Waals surface area contributed by atoms with Crippen molar-refractivity contribution in [1.29, 1.82) is 0 Å². The first kappa shape index (κ1) is 19.4. The Morgan fingerprint density at radius 1 is 1.32 bits per heavy atom. The number of nitrogens with zero attached hydrogens (tertiary/aromatic N) is 1. The summed E-state index contributed by atoms with van der Waals surface area (Å²) in [4.78, 5) is 28.5. The lowest BCUT2D eigenvalue weighted by molar-refractivity contribution is -0.117. The Kier molecular flexibility index (Phi) is 6.52. The number of aryl methyl sites for hydroxylation is 1. The number of hydrogen-bond acceptors (Lipinski definition) is 5. The Bertz CT molecular complexity index is 774. The van der Waals surface area contributed by atoms with Crippen LogP contribution in [-0.4, -0.2) is 23.3 Å². The Labute approximate surface area is 156 Å². The molecular weight excluding hydrogens is 360 g/mol. The zero-order valence-electron chi connectivity index (χ0n) is 13.9. The molecule has 25 heavy (non-hydrogen) atoms. The van der Waals surface area contributed by atoms with Crippen LogP contribution in [0.5, 0.6) is 0 Å². The average molecular weight is 381 g/mol. The number of rotatable bonds is 6. The summed E-state index contributed by atoms with van der Waals surface area (Å²) in [6, 6.07) is 5.49. The smallest absolute Gasteiger partial charge is 0.275 e. The highest BCUT2D eigenvalue weighted by Gasteiger charge is 2.29. The molecule has 0 aliphatic heterocycles. The second-order valence-electron chi connectivity index (χ2n) is 5.91. The van der Waals surface area contributed by atoms with Crippen molar-refractivity contribution in [3.63, 3.8) is 0 Å². The Morgan fingerprint density at radius 2 is 2.08 bits per heavy atom. The molecule has 8 heteroatoms. The number of carbonyl (C=O) groups is 2. The topological polar surface area (TPSA) is 97.1 Å². The molecule has 1 fully saturated rings. The zero-order valence-corrected chi connectivity index (χ0v) is 15.5. The molecule has 0 unspecified atom stereocenters. The molecule has 1 saturated carbocycles. The number of halogens is 1. The maximum atomic E-state index is 12.4. The first-order chi connectivity index (χ1) is 11.6. The fourth-order valence-electron chi connectivity index (χ4n) is 2.26. The van der Waals surface area contributed by atoms with Crippen molar-refractivity contribution < 1.29 is 9.59 Å². The van der Waals surface area contributed by atoms with E-state index in [1.54, 1.807) is 11.4 Å². The average Bonchev–Trinajstić information content (AvgIpc) is 3.31. The lowest BCUT2D eigenvalue weighted by atomic mass is 10.1. The maximum Gasteiger partial charge on any atom is 0.275 e. The summed E-state index contributed by atoms with van der Waals surface area (Å²) in [7, 11) is 0. The van der Waals surface area contributed by atoms with Crippen LogP contribution in [0.25, 0.3) is 0 Å². The molecule has 1 aromatic heterocycles. The first-order valence-electron chi connectivity index (χ1n) is 7.94. The quantitative estimate of drug-likeness (QED) is 0.717. The van der Waals surface area contributed by atoms with Crippen LogP contribution >= 0.6 is 23.7 Å². The van der Waals surface area contributed by atoms with Gasteiger partial charge in [0.2, 0.25) is 5.91 Å². The SMILES string of the molecule is Cc1ccc(NC(=O)C2CC2)cc1NC(=O)c1csc(CCN)n1.Cl. The summed E-state index contributed by atoms with van der Waals surface area (Å²) < 4.78 is 0. The predicted molar refractivity (Wildman–Crippen MR) is 103 cm³/mol. The van der Waals surface area contributed by atoms with E-state index in [4.69, 9.17) is 5.73 Å². The monoisotopic (exact) mass is 380 g/mol. The van der Waals surface area contributed by atoms with Crippen molar-refractivity contribution in [3.8, 4) is 0 Å². The second-order valence-corrected chi connectivity index (χ2v) is 6.86. The number of nitrogens with two attached hydrogens (primary N) is 1. The van der Waals surface area contributed by atoms with E-state index in [0.717, 1.165) is 23.4 Å². The molecule has 2 aromatic rings. The third kappa shape index (κ3) is 5.01. The van der Waals surface area contributed by atoms with Gasteiger partial charge in [0, 0.05) is 29.1 Å². The summed E-state index contributed by atoms with van der Waals surface area (Å²) in [5, 5.41) is 8.33. The number of benzene rings is 1. The molecular formula is C17H21ClN4O2S. The molecule has 6 nitrogen and oxygen atoms in total. The number of thiazole rings is 1. The van der Waals surface area contributed by atoms with Gasteiger partial charge in [0.15, 0.2) is 0 Å². The number of carbonyl (C=O) groups excluding carboxylic acids is 2. The van der Waals surface area contributed by atoms with E-state index >= 15 is 0 Å². The van der Waals surface area contributed by atoms with Gasteiger partial charge in [-0.1, -0.05) is 6.07 Å². The van der Waals surface area contributed by atoms with Gasteiger partial charge in [0.25, 0.3) is 5.91 Å². The molecule has 0 bridgehead atoms. The largest absolute Gasteiger partial charge is 0.330 e. The Hall–Kier alpha value is -1.96. The van der Waals surface area contributed by atoms with Crippen LogP contribution in [-0.2, 0) is 11.2 Å². The fourth-order valence-corrected chi connectivity index (χ4v) is 3.06. The van der Waals surface area contributed by atoms with E-state index in [1.165, 1.54) is 11.3 Å². The zero-order chi connectivity index (χ0) is 17.1. The van der Waals surface area contributed by atoms with E-state index in [-0.39, 0.29) is 30.1 Å². The molecule has 2 amide bonds. The number of aromatic nitrogens is 1. The normalized spacial score (nSPS) is 13.0. The van der Waals surface area contributed by atoms with Gasteiger partial charge in [-0.25, -0.2) is 4.98 Å². The highest BCUT2D eigenvalue weighted by Crippen LogP contribution is 2.31. The van der Waals surface area contributed by atoms with Crippen molar-refractivity contribution in [2.75, 3.05) is 17.2 Å². The molecule has 0 radical (unpaired) electrons. The van der Waals surface area contributed by atoms with Gasteiger partial charge in [-0.15, -0.1) is 23.7 Å². The van der Waals surface area contributed by atoms with Crippen LogP contribution in [0.2, 0.25) is 0 Å². The van der Waals surface area contributed by atoms with Crippen LogP contribution in [0.4, 0.5) is 11.4 Å². The van der Waals surface area contributed by atoms with Crippen LogP contribution in [0, 0.1) is 12.8 Å². The van der Waals surface area contributed by atoms with Gasteiger partial charge >= 0.3 is 0 Å². The third-order valence-electron chi connectivity index (χ3n) is 3.84. The summed E-state index contributed by atoms with van der Waals surface area (Å²) >= 11 is 1.43. The van der Waals surface area contributed by atoms with Gasteiger partial charge in [-0.3, -0.25) is 9.59 Å². The van der Waals surface area contributed by atoms with Gasteiger partial charge in [-0.05, 0) is 44.0 Å². The van der Waals surface area contributed by atoms with Crippen molar-refractivity contribution in [3.05, 3.63) is 39.8 Å². The van der Waals surface area contributed by atoms with E-state index in [0.29, 0.717) is 30.0 Å². The van der Waals surface area contributed by atoms with E-state index in [9.17, 15) is 9.59 Å². The van der Waals surface area contributed by atoms with Crippen LogP contribution in [0.1, 0.15) is 33.9 Å². The lowest BCUT2D eigenvalue weighted by Crippen LogP contribution is -2.16. The molecule has 0 saturated heterocycles. The Balaban J connectivity index is 0.00000225. The predicted octanol–water partition coefficient (Wildman–Crippen LogP) is 2.98. The van der Waals surface area contributed by atoms with Crippen molar-refractivity contribution >= 4 is 46.9 Å². The molecule has 134 valence electrons. The molecule has 0 spiro atoms. The number of anilines is 2. The van der Waals surface area contributed by atoms with Crippen LogP contribution in [0.15, 0.2) is 23.6 Å². The highest BCUT2D eigenvalue weighted by atomic mass is 35.5. The minimum atomic E-state index is -0.261. The molecule has 0 atom stereocenters. The molecule has 1 aliphatic carbocycles. The molecule has 1 aliphatic rings. The summed E-state index contributed by atoms with van der Waals surface area (Å²) in [5.74, 6) is -0.0781. The third-order valence-corrected chi connectivity index (χ3v) is 4.75. The van der Waals surface area contributed by atoms with Gasteiger partial charge in [0.1, 0.15) is 5.69 Å². The number of nitrogens with one attached hydrogen (secondary N) is 2. The van der Waals surface area contributed by atoms with E-state index < -0.39 is 0 Å². The second kappa shape index (κ2) is 8.42. The number of amides is 2. The minimum Gasteiger partial charge on any atom is -0.330 e. The highest BCUT2D eigenvalue weighted by molar-refractivity contribution is 7.09. The van der Waals surface area contributed by atoms with Gasteiger partial charge in [-0.2, -0.15) is 0 Å². The first-order valence-corrected chi connectivity index (χ1v) is 8.82. The van der Waals surface area contributed by atoms with Crippen LogP contribution < -0.4 is 16.4 Å². The van der Waals surface area contributed by atoms with E-state index in [2.05, 4.69) is 15.6 Å². The standard InChI is InChI=1S/C17H20N4O2S.ClH/c1-10-2-5-12(19-16(22)11-3-4-11)8-13(10)21-17(23)14-9-24-15(20-14)6-7-18;/h2,5,8-9,11H,3-4,6-7,18H2,1H3,(H,19,22)(H,21,23);1H. The maximum absolute atomic E-state index is 12.4. The fraction of sp³-hybridized carbons (Fsp3) is 0.353. The lowest BCUT2D eigenvalue weighted by Gasteiger charge is -2.11. The van der Waals surface area contributed by atoms with Crippen molar-refractivity contribution in [2.24, 2.45) is 11.7 Å². The van der Waals surface area contributed by atoms with Crippen molar-refractivity contribution in [2.45, 2.75) is 26.2 Å². The molecule has 1 aromatic carbocycles. The molecule has 3 rings (SSSR count). The molecule has 4 N–H and O–H groups in total. The Morgan fingerprint density at radius 3 is 2.76 bits per heavy atom. The summed E-state index contributed by atoms with van der Waals surface area (Å²) in [6.07, 6.45) is 2.58. The summed E-state index contributed by atoms with van der Waals surface area (Å²) in [5.41, 5.74) is 8.17. The minimum absolute atomic E-state index is 0. The van der Waals surface area contributed by atoms with E-state index in [1.807, 2.05) is 19.1 Å². The number of hydrogen-bond donors (Lipinski definition) is 3. The molecule has 1 heterocycles. The summed E-state index contributed by atoms with van der Waals surface area (Å²) in [6.45, 7) is 2.42. The van der Waals surface area contributed by atoms with Crippen LogP contribution in [0.3, 0.4) is 0 Å². The van der Waals surface area contributed by atoms with Crippen molar-refractivity contribution in [1.82, 2.24) is 4.98 Å². The van der Waals surface area contributed by atoms with Gasteiger partial charge < -0.3 is 16.4 Å². The van der Waals surface area contributed by atoms with Gasteiger partial charge in [0.05, 0.1) is 5.01 Å².